The lowest BCUT2D eigenvalue weighted by molar-refractivity contribution is 0.0941. The molecule has 4 heteroatoms. The first-order valence-electron chi connectivity index (χ1n) is 5.90. The third-order valence-electron chi connectivity index (χ3n) is 3.40. The molecule has 17 heavy (non-hydrogen) atoms. The summed E-state index contributed by atoms with van der Waals surface area (Å²) in [7, 11) is 0. The number of hydrogen-bond donors (Lipinski definition) is 3. The fraction of sp³-hybridized carbons (Fsp3) is 0.462. The Kier molecular flexibility index (Phi) is 3.33. The highest BCUT2D eigenvalue weighted by Gasteiger charge is 2.41. The van der Waals surface area contributed by atoms with Crippen molar-refractivity contribution in [2.75, 3.05) is 18.9 Å². The van der Waals surface area contributed by atoms with Gasteiger partial charge in [-0.3, -0.25) is 4.79 Å². The van der Waals surface area contributed by atoms with E-state index in [1.54, 1.807) is 24.3 Å². The van der Waals surface area contributed by atoms with E-state index in [0.29, 0.717) is 17.8 Å². The van der Waals surface area contributed by atoms with E-state index in [1.165, 1.54) is 0 Å². The van der Waals surface area contributed by atoms with Gasteiger partial charge in [-0.25, -0.2) is 0 Å². The third kappa shape index (κ3) is 2.97. The van der Waals surface area contributed by atoms with Crippen molar-refractivity contribution in [1.29, 1.82) is 0 Å². The lowest BCUT2D eigenvalue weighted by atomic mass is 10.0. The molecule has 1 aromatic rings. The average molecular weight is 234 g/mol. The molecule has 0 spiro atoms. The van der Waals surface area contributed by atoms with Crippen LogP contribution in [0.25, 0.3) is 0 Å². The summed E-state index contributed by atoms with van der Waals surface area (Å²) in [5, 5.41) is 11.8. The molecule has 1 fully saturated rings. The quantitative estimate of drug-likeness (QED) is 0.669. The number of benzene rings is 1. The molecule has 4 nitrogen and oxygen atoms in total. The standard InChI is InChI=1S/C13H18N2O2/c14-11-3-1-10(2-4-11)12(17)15-9-13(5-6-13)7-8-16/h1-4,16H,5-9,14H2,(H,15,17). The van der Waals surface area contributed by atoms with E-state index in [1.807, 2.05) is 0 Å². The number of nitrogens with one attached hydrogen (secondary N) is 1. The highest BCUT2D eigenvalue weighted by Crippen LogP contribution is 2.47. The SMILES string of the molecule is Nc1ccc(C(=O)NCC2(CCO)CC2)cc1. The zero-order valence-corrected chi connectivity index (χ0v) is 9.78. The Bertz CT molecular complexity index is 396. The largest absolute Gasteiger partial charge is 0.399 e. The zero-order chi connectivity index (χ0) is 12.3. The van der Waals surface area contributed by atoms with Crippen molar-refractivity contribution in [3.05, 3.63) is 29.8 Å². The number of nitrogen functional groups attached to an aromatic ring is 1. The molecule has 1 aromatic carbocycles. The number of aliphatic hydroxyl groups is 1. The van der Waals surface area contributed by atoms with Crippen LogP contribution in [0.2, 0.25) is 0 Å². The van der Waals surface area contributed by atoms with Crippen LogP contribution in [0.4, 0.5) is 5.69 Å². The fourth-order valence-corrected chi connectivity index (χ4v) is 1.93. The molecule has 1 aliphatic carbocycles. The number of rotatable bonds is 5. The van der Waals surface area contributed by atoms with Gasteiger partial charge in [0.05, 0.1) is 0 Å². The van der Waals surface area contributed by atoms with Gasteiger partial charge in [-0.15, -0.1) is 0 Å². The Balaban J connectivity index is 1.87. The minimum absolute atomic E-state index is 0.0748. The molecule has 0 aliphatic heterocycles. The van der Waals surface area contributed by atoms with Gasteiger partial charge in [-0.05, 0) is 48.9 Å². The van der Waals surface area contributed by atoms with Gasteiger partial charge in [0.2, 0.25) is 0 Å². The van der Waals surface area contributed by atoms with E-state index in [4.69, 9.17) is 10.8 Å². The van der Waals surface area contributed by atoms with E-state index < -0.39 is 0 Å². The third-order valence-corrected chi connectivity index (χ3v) is 3.40. The Labute approximate surface area is 101 Å². The van der Waals surface area contributed by atoms with Crippen molar-refractivity contribution in [2.24, 2.45) is 5.41 Å². The van der Waals surface area contributed by atoms with Gasteiger partial charge in [0, 0.05) is 24.4 Å². The summed E-state index contributed by atoms with van der Waals surface area (Å²) in [6, 6.07) is 6.87. The minimum Gasteiger partial charge on any atom is -0.399 e. The Hall–Kier alpha value is -1.55. The Morgan fingerprint density at radius 3 is 2.53 bits per heavy atom. The van der Waals surface area contributed by atoms with E-state index in [9.17, 15) is 4.79 Å². The molecule has 0 bridgehead atoms. The van der Waals surface area contributed by atoms with Crippen LogP contribution in [0, 0.1) is 5.41 Å². The van der Waals surface area contributed by atoms with Crippen molar-refractivity contribution in [2.45, 2.75) is 19.3 Å². The maximum absolute atomic E-state index is 11.8. The van der Waals surface area contributed by atoms with E-state index in [0.717, 1.165) is 19.3 Å². The van der Waals surface area contributed by atoms with E-state index >= 15 is 0 Å². The maximum atomic E-state index is 11.8. The topological polar surface area (TPSA) is 75.4 Å². The van der Waals surface area contributed by atoms with Gasteiger partial charge in [0.15, 0.2) is 0 Å². The second-order valence-electron chi connectivity index (χ2n) is 4.78. The summed E-state index contributed by atoms with van der Waals surface area (Å²) in [5.74, 6) is -0.0748. The fourth-order valence-electron chi connectivity index (χ4n) is 1.93. The lowest BCUT2D eigenvalue weighted by Crippen LogP contribution is -2.30. The molecule has 1 aliphatic rings. The van der Waals surface area contributed by atoms with Crippen LogP contribution in [0.5, 0.6) is 0 Å². The molecule has 0 radical (unpaired) electrons. The summed E-state index contributed by atoms with van der Waals surface area (Å²) in [5.41, 5.74) is 6.99. The van der Waals surface area contributed by atoms with Crippen LogP contribution >= 0.6 is 0 Å². The molecule has 1 amide bonds. The molecule has 0 unspecified atom stereocenters. The van der Waals surface area contributed by atoms with Crippen LogP contribution < -0.4 is 11.1 Å². The molecule has 2 rings (SSSR count). The van der Waals surface area contributed by atoms with Crippen molar-refractivity contribution in [1.82, 2.24) is 5.32 Å². The number of anilines is 1. The number of hydrogen-bond acceptors (Lipinski definition) is 3. The Morgan fingerprint density at radius 2 is 2.00 bits per heavy atom. The van der Waals surface area contributed by atoms with Crippen molar-refractivity contribution in [3.63, 3.8) is 0 Å². The number of amides is 1. The summed E-state index contributed by atoms with van der Waals surface area (Å²) in [6.45, 7) is 0.842. The predicted molar refractivity (Wildman–Crippen MR) is 66.6 cm³/mol. The van der Waals surface area contributed by atoms with Gasteiger partial charge in [-0.2, -0.15) is 0 Å². The van der Waals surface area contributed by atoms with E-state index in [-0.39, 0.29) is 17.9 Å². The molecule has 0 atom stereocenters. The van der Waals surface area contributed by atoms with Crippen LogP contribution in [0.3, 0.4) is 0 Å². The predicted octanol–water partition coefficient (Wildman–Crippen LogP) is 1.16. The average Bonchev–Trinajstić information content (AvgIpc) is 3.08. The van der Waals surface area contributed by atoms with Crippen LogP contribution in [0.1, 0.15) is 29.6 Å². The number of nitrogens with two attached hydrogens (primary N) is 1. The number of aliphatic hydroxyl groups excluding tert-OH is 1. The second kappa shape index (κ2) is 4.75. The van der Waals surface area contributed by atoms with Crippen molar-refractivity contribution in [3.8, 4) is 0 Å². The molecule has 1 saturated carbocycles. The first-order chi connectivity index (χ1) is 8.15. The van der Waals surface area contributed by atoms with Gasteiger partial charge in [0.25, 0.3) is 5.91 Å². The molecular formula is C13H18N2O2. The Morgan fingerprint density at radius 1 is 1.35 bits per heavy atom. The van der Waals surface area contributed by atoms with Crippen LogP contribution in [-0.2, 0) is 0 Å². The normalized spacial score (nSPS) is 16.5. The van der Waals surface area contributed by atoms with Crippen LogP contribution in [0.15, 0.2) is 24.3 Å². The molecular weight excluding hydrogens is 216 g/mol. The van der Waals surface area contributed by atoms with Gasteiger partial charge < -0.3 is 16.2 Å². The van der Waals surface area contributed by atoms with Gasteiger partial charge >= 0.3 is 0 Å². The number of carbonyl (C=O) groups excluding carboxylic acids is 1. The van der Waals surface area contributed by atoms with Gasteiger partial charge in [-0.1, -0.05) is 0 Å². The smallest absolute Gasteiger partial charge is 0.251 e. The first kappa shape index (κ1) is 11.9. The molecule has 0 saturated heterocycles. The summed E-state index contributed by atoms with van der Waals surface area (Å²) >= 11 is 0. The van der Waals surface area contributed by atoms with Gasteiger partial charge in [0.1, 0.15) is 0 Å². The van der Waals surface area contributed by atoms with Crippen molar-refractivity contribution >= 4 is 11.6 Å². The van der Waals surface area contributed by atoms with Crippen molar-refractivity contribution < 1.29 is 9.90 Å². The van der Waals surface area contributed by atoms with Crippen LogP contribution in [-0.4, -0.2) is 24.2 Å². The molecule has 92 valence electrons. The zero-order valence-electron chi connectivity index (χ0n) is 9.78. The minimum atomic E-state index is -0.0748. The summed E-state index contributed by atoms with van der Waals surface area (Å²) in [4.78, 5) is 11.8. The molecule has 0 heterocycles. The lowest BCUT2D eigenvalue weighted by Gasteiger charge is -2.14. The molecule has 0 aromatic heterocycles. The summed E-state index contributed by atoms with van der Waals surface area (Å²) in [6.07, 6.45) is 2.96. The highest BCUT2D eigenvalue weighted by atomic mass is 16.3. The highest BCUT2D eigenvalue weighted by molar-refractivity contribution is 5.94. The van der Waals surface area contributed by atoms with E-state index in [2.05, 4.69) is 5.32 Å². The first-order valence-corrected chi connectivity index (χ1v) is 5.90. The second-order valence-corrected chi connectivity index (χ2v) is 4.78. The maximum Gasteiger partial charge on any atom is 0.251 e. The number of carbonyl (C=O) groups is 1. The molecule has 4 N–H and O–H groups in total. The summed E-state index contributed by atoms with van der Waals surface area (Å²) < 4.78 is 0. The monoisotopic (exact) mass is 234 g/mol.